The summed E-state index contributed by atoms with van der Waals surface area (Å²) >= 11 is 2.27. The van der Waals surface area contributed by atoms with Gasteiger partial charge < -0.3 is 4.98 Å². The predicted molar refractivity (Wildman–Crippen MR) is 169 cm³/mol. The Kier molecular flexibility index (Phi) is 4.71. The Balaban J connectivity index is 1.53. The van der Waals surface area contributed by atoms with Crippen LogP contribution in [0.5, 0.6) is 0 Å². The van der Waals surface area contributed by atoms with Gasteiger partial charge in [-0.3, -0.25) is 0 Å². The normalized spacial score (nSPS) is 12.0. The fraction of sp³-hybridized carbons (Fsp3) is 0. The van der Waals surface area contributed by atoms with Crippen LogP contribution in [0.1, 0.15) is 0 Å². The van der Waals surface area contributed by atoms with E-state index in [9.17, 15) is 0 Å². The summed E-state index contributed by atoms with van der Waals surface area (Å²) in [5.74, 6) is 2.42. The van der Waals surface area contributed by atoms with E-state index < -0.39 is 0 Å². The number of halogens is 1. The summed E-state index contributed by atoms with van der Waals surface area (Å²) in [6, 6.07) is 32.4. The van der Waals surface area contributed by atoms with Crippen LogP contribution in [0.4, 0.5) is 0 Å². The summed E-state index contributed by atoms with van der Waals surface area (Å²) in [4.78, 5) is 33.7. The van der Waals surface area contributed by atoms with E-state index in [4.69, 9.17) is 29.9 Å². The summed E-state index contributed by atoms with van der Waals surface area (Å²) < 4.78 is 1.99. The molecule has 192 valence electrons. The first kappa shape index (κ1) is 22.8. The van der Waals surface area contributed by atoms with Gasteiger partial charge in [0.25, 0.3) is 0 Å². The van der Waals surface area contributed by atoms with E-state index in [1.54, 1.807) is 0 Å². The first-order valence-corrected chi connectivity index (χ1v) is 14.1. The Morgan fingerprint density at radius 1 is 0.415 bits per heavy atom. The largest absolute Gasteiger partial charge is 0.324 e. The molecule has 9 rings (SSSR count). The number of hydrogen-bond acceptors (Lipinski definition) is 6. The number of aromatic nitrogens is 8. The van der Waals surface area contributed by atoms with Gasteiger partial charge in [-0.15, -0.1) is 0 Å². The molecule has 7 aromatic rings. The molecule has 2 aliphatic rings. The van der Waals surface area contributed by atoms with Crippen molar-refractivity contribution in [3.8, 4) is 45.6 Å². The van der Waals surface area contributed by atoms with Gasteiger partial charge in [0.2, 0.25) is 0 Å². The third-order valence-corrected chi connectivity index (χ3v) is 8.47. The average molecular weight is 640 g/mol. The van der Waals surface area contributed by atoms with Gasteiger partial charge in [-0.1, -0.05) is 97.1 Å². The van der Waals surface area contributed by atoms with Crippen LogP contribution in [0.3, 0.4) is 0 Å². The number of benzene rings is 4. The van der Waals surface area contributed by atoms with E-state index in [0.29, 0.717) is 34.6 Å². The number of H-pyrrole nitrogens is 1. The molecule has 0 unspecified atom stereocenters. The molecule has 0 saturated heterocycles. The highest BCUT2D eigenvalue weighted by Gasteiger charge is 2.22. The maximum absolute atomic E-state index is 5.13. The van der Waals surface area contributed by atoms with Gasteiger partial charge in [-0.05, 0) is 0 Å². The third-order valence-electron chi connectivity index (χ3n) is 7.56. The molecule has 0 fully saturated rings. The van der Waals surface area contributed by atoms with Crippen molar-refractivity contribution >= 4 is 67.0 Å². The average Bonchev–Trinajstić information content (AvgIpc) is 3.72. The minimum absolute atomic E-state index is 0.602. The Hall–Kier alpha value is -5.03. The second-order valence-corrected chi connectivity index (χ2v) is 10.9. The molecule has 0 atom stereocenters. The minimum Gasteiger partial charge on any atom is -0.324 e. The second-order valence-electron chi connectivity index (χ2n) is 9.90. The first-order valence-electron chi connectivity index (χ1n) is 13.1. The summed E-state index contributed by atoms with van der Waals surface area (Å²) in [7, 11) is 0. The summed E-state index contributed by atoms with van der Waals surface area (Å²) in [5.41, 5.74) is 6.63. The van der Waals surface area contributed by atoms with Gasteiger partial charge in [0.05, 0.1) is 22.9 Å². The number of hydrogen-bond donors (Lipinski definition) is 1. The number of aromatic amines is 1. The molecule has 5 heterocycles. The van der Waals surface area contributed by atoms with Crippen LogP contribution in [0.2, 0.25) is 0 Å². The monoisotopic (exact) mass is 640 g/mol. The molecule has 0 saturated carbocycles. The van der Waals surface area contributed by atoms with Crippen LogP contribution < -0.4 is 0 Å². The predicted octanol–water partition coefficient (Wildman–Crippen LogP) is 7.54. The zero-order valence-electron chi connectivity index (χ0n) is 21.2. The van der Waals surface area contributed by atoms with Gasteiger partial charge in [-0.2, -0.15) is 0 Å². The van der Waals surface area contributed by atoms with Crippen LogP contribution >= 0.6 is 22.9 Å². The van der Waals surface area contributed by atoms with E-state index >= 15 is 0 Å². The van der Waals surface area contributed by atoms with E-state index in [2.05, 4.69) is 40.0 Å². The molecule has 8 bridgehead atoms. The Morgan fingerprint density at radius 3 is 1.17 bits per heavy atom. The lowest BCUT2D eigenvalue weighted by Gasteiger charge is -1.97. The van der Waals surface area contributed by atoms with Crippen molar-refractivity contribution in [1.29, 1.82) is 0 Å². The molecule has 41 heavy (non-hydrogen) atoms. The van der Waals surface area contributed by atoms with Crippen molar-refractivity contribution in [2.24, 2.45) is 0 Å². The molecular weight excluding hydrogens is 623 g/mol. The van der Waals surface area contributed by atoms with Crippen molar-refractivity contribution in [1.82, 2.24) is 37.7 Å². The lowest BCUT2D eigenvalue weighted by molar-refractivity contribution is 1.18. The lowest BCUT2D eigenvalue weighted by Crippen LogP contribution is -1.87. The Labute approximate surface area is 246 Å². The minimum atomic E-state index is 0.602. The van der Waals surface area contributed by atoms with Gasteiger partial charge in [0.1, 0.15) is 11.3 Å². The molecule has 0 radical (unpaired) electrons. The molecule has 0 spiro atoms. The molecule has 9 heteroatoms. The van der Waals surface area contributed by atoms with Gasteiger partial charge in [0.15, 0.2) is 34.6 Å². The van der Waals surface area contributed by atoms with Crippen LogP contribution in [0.25, 0.3) is 89.7 Å². The third kappa shape index (κ3) is 3.32. The Bertz CT molecular complexity index is 2240. The van der Waals surface area contributed by atoms with Gasteiger partial charge >= 0.3 is 0 Å². The molecule has 3 aromatic heterocycles. The standard InChI is InChI=1S/C32H17IN8/c33-41-31-23-15-7-8-16-24(23)32(41)40-30-22-14-6-4-12-20(22)28(38-30)36-26-18-10-2-1-9-17(18)25(34-26)35-27-19-11-3-5-13-21(19)29(37-27)39-31/h1-16H,(H,34,35,36,37,38,39,40). The highest BCUT2D eigenvalue weighted by Crippen LogP contribution is 2.37. The smallest absolute Gasteiger partial charge is 0.164 e. The number of fused-ring (bicyclic) bond motifs is 20. The topological polar surface area (TPSA) is 98.1 Å². The highest BCUT2D eigenvalue weighted by atomic mass is 127. The summed E-state index contributed by atoms with van der Waals surface area (Å²) in [6.45, 7) is 0. The number of rotatable bonds is 0. The van der Waals surface area contributed by atoms with Gasteiger partial charge in [-0.25, -0.2) is 32.7 Å². The zero-order chi connectivity index (χ0) is 27.1. The lowest BCUT2D eigenvalue weighted by atomic mass is 10.1. The molecule has 0 aliphatic carbocycles. The van der Waals surface area contributed by atoms with Crippen LogP contribution in [0.15, 0.2) is 97.1 Å². The van der Waals surface area contributed by atoms with Crippen LogP contribution in [-0.4, -0.2) is 37.7 Å². The maximum Gasteiger partial charge on any atom is 0.164 e. The van der Waals surface area contributed by atoms with Crippen molar-refractivity contribution in [3.05, 3.63) is 97.1 Å². The number of nitrogens with one attached hydrogen (secondary N) is 1. The molecule has 2 aliphatic heterocycles. The van der Waals surface area contributed by atoms with Crippen molar-refractivity contribution < 1.29 is 0 Å². The van der Waals surface area contributed by atoms with E-state index in [1.165, 1.54) is 0 Å². The molecular formula is C32H17IN8. The van der Waals surface area contributed by atoms with Crippen LogP contribution in [0, 0.1) is 0 Å². The van der Waals surface area contributed by atoms with E-state index in [-0.39, 0.29) is 0 Å². The molecule has 0 amide bonds. The molecule has 8 nitrogen and oxygen atoms in total. The summed E-state index contributed by atoms with van der Waals surface area (Å²) in [5, 5.41) is 3.88. The highest BCUT2D eigenvalue weighted by molar-refractivity contribution is 14.1. The SMILES string of the molecule is In1c2nc3nc(nc4[nH]c(nc5nc(nc1c1ccccc12)-c1ccccc1-5)c1ccccc41)-c1ccccc1-3. The maximum atomic E-state index is 5.13. The Morgan fingerprint density at radius 2 is 0.756 bits per heavy atom. The number of nitrogens with zero attached hydrogens (tertiary/aromatic N) is 7. The first-order chi connectivity index (χ1) is 20.2. The fourth-order valence-corrected chi connectivity index (χ4v) is 6.39. The van der Waals surface area contributed by atoms with Crippen molar-refractivity contribution in [2.45, 2.75) is 0 Å². The van der Waals surface area contributed by atoms with E-state index in [1.807, 2.05) is 87.7 Å². The van der Waals surface area contributed by atoms with Crippen LogP contribution in [-0.2, 0) is 0 Å². The second kappa shape index (κ2) is 8.48. The quantitative estimate of drug-likeness (QED) is 0.172. The summed E-state index contributed by atoms with van der Waals surface area (Å²) in [6.07, 6.45) is 0. The fourth-order valence-electron chi connectivity index (χ4n) is 5.65. The molecule has 1 N–H and O–H groups in total. The van der Waals surface area contributed by atoms with Crippen molar-refractivity contribution in [2.75, 3.05) is 0 Å². The van der Waals surface area contributed by atoms with Gasteiger partial charge in [0, 0.05) is 43.8 Å². The van der Waals surface area contributed by atoms with E-state index in [0.717, 1.165) is 55.1 Å². The van der Waals surface area contributed by atoms with Crippen molar-refractivity contribution in [3.63, 3.8) is 0 Å². The zero-order valence-corrected chi connectivity index (χ0v) is 23.4. The molecule has 4 aromatic carbocycles.